The van der Waals surface area contributed by atoms with E-state index in [1.807, 2.05) is 55.5 Å². The Labute approximate surface area is 191 Å². The van der Waals surface area contributed by atoms with Crippen LogP contribution in [-0.2, 0) is 17.5 Å². The number of pyridine rings is 1. The maximum atomic E-state index is 11.7. The van der Waals surface area contributed by atoms with E-state index in [4.69, 9.17) is 4.99 Å². The van der Waals surface area contributed by atoms with Crippen molar-refractivity contribution >= 4 is 22.5 Å². The molecule has 1 atom stereocenters. The molecule has 1 unspecified atom stereocenters. The van der Waals surface area contributed by atoms with E-state index in [-0.39, 0.29) is 0 Å². The van der Waals surface area contributed by atoms with Gasteiger partial charge in [0.1, 0.15) is 0 Å². The maximum Gasteiger partial charge on any atom is 0.186 e. The van der Waals surface area contributed by atoms with Crippen LogP contribution in [0.3, 0.4) is 0 Å². The Hall–Kier alpha value is -3.41. The molecule has 1 N–H and O–H groups in total. The van der Waals surface area contributed by atoms with Gasteiger partial charge in [-0.15, -0.1) is 0 Å². The van der Waals surface area contributed by atoms with Gasteiger partial charge in [0.25, 0.3) is 0 Å². The maximum absolute atomic E-state index is 11.7. The van der Waals surface area contributed by atoms with Crippen molar-refractivity contribution in [2.45, 2.75) is 25.2 Å². The number of rotatable bonds is 6. The number of aliphatic imine (C=N–C) groups is 1. The van der Waals surface area contributed by atoms with E-state index < -0.39 is 11.1 Å². The number of hydrogen-bond acceptors (Lipinski definition) is 3. The molecule has 1 heterocycles. The number of aromatic nitrogens is 1. The van der Waals surface area contributed by atoms with Crippen LogP contribution in [0.25, 0.3) is 11.1 Å². The number of benzene rings is 3. The van der Waals surface area contributed by atoms with Crippen LogP contribution in [0.5, 0.6) is 0 Å². The summed E-state index contributed by atoms with van der Waals surface area (Å²) in [7, 11) is 0. The molecule has 32 heavy (non-hydrogen) atoms. The molecule has 0 saturated carbocycles. The standard InChI is InChI=1S/C27H24N2O2S/c1-19-23(10-6-11-24(19)21-14-16-28-17-15-21)18-26(22-8-4-3-5-9-22)29-25-12-7-13-27(20(25)2)32(30)31/h3-17H,18H2,1-2H3,(H,30,31). The lowest BCUT2D eigenvalue weighted by atomic mass is 9.93. The largest absolute Gasteiger partial charge is 0.302 e. The Kier molecular flexibility index (Phi) is 6.69. The molecule has 0 saturated heterocycles. The first kappa shape index (κ1) is 21.8. The molecular weight excluding hydrogens is 416 g/mol. The summed E-state index contributed by atoms with van der Waals surface area (Å²) in [6.07, 6.45) is 4.25. The Morgan fingerprint density at radius 2 is 1.59 bits per heavy atom. The summed E-state index contributed by atoms with van der Waals surface area (Å²) < 4.78 is 21.3. The summed E-state index contributed by atoms with van der Waals surface area (Å²) in [5, 5.41) is 0. The van der Waals surface area contributed by atoms with Crippen LogP contribution in [0.2, 0.25) is 0 Å². The highest BCUT2D eigenvalue weighted by atomic mass is 32.2. The lowest BCUT2D eigenvalue weighted by Gasteiger charge is -2.14. The van der Waals surface area contributed by atoms with Crippen molar-refractivity contribution in [1.82, 2.24) is 4.98 Å². The van der Waals surface area contributed by atoms with E-state index in [9.17, 15) is 8.76 Å². The molecule has 5 heteroatoms. The van der Waals surface area contributed by atoms with Gasteiger partial charge in [-0.1, -0.05) is 54.6 Å². The van der Waals surface area contributed by atoms with Crippen molar-refractivity contribution in [3.63, 3.8) is 0 Å². The van der Waals surface area contributed by atoms with Gasteiger partial charge in [-0.3, -0.25) is 9.98 Å². The molecule has 1 aromatic heterocycles. The minimum Gasteiger partial charge on any atom is -0.302 e. The molecule has 0 fully saturated rings. The van der Waals surface area contributed by atoms with Crippen molar-refractivity contribution in [3.05, 3.63) is 114 Å². The van der Waals surface area contributed by atoms with E-state index in [2.05, 4.69) is 30.1 Å². The van der Waals surface area contributed by atoms with Crippen LogP contribution >= 0.6 is 0 Å². The number of hydrogen-bond donors (Lipinski definition) is 1. The van der Waals surface area contributed by atoms with Gasteiger partial charge in [-0.05, 0) is 71.5 Å². The molecule has 0 aliphatic carbocycles. The molecule has 0 amide bonds. The topological polar surface area (TPSA) is 62.5 Å². The molecular formula is C27H24N2O2S. The molecule has 3 aromatic carbocycles. The predicted molar refractivity (Wildman–Crippen MR) is 131 cm³/mol. The molecule has 0 spiro atoms. The second kappa shape index (κ2) is 9.81. The summed E-state index contributed by atoms with van der Waals surface area (Å²) >= 11 is -2.05. The second-order valence-corrected chi connectivity index (χ2v) is 8.51. The normalized spacial score (nSPS) is 12.5. The third kappa shape index (κ3) is 4.74. The molecule has 4 aromatic rings. The monoisotopic (exact) mass is 440 g/mol. The quantitative estimate of drug-likeness (QED) is 0.282. The van der Waals surface area contributed by atoms with Crippen molar-refractivity contribution in [3.8, 4) is 11.1 Å². The van der Waals surface area contributed by atoms with Gasteiger partial charge in [0.05, 0.1) is 16.3 Å². The van der Waals surface area contributed by atoms with Gasteiger partial charge in [-0.25, -0.2) is 4.21 Å². The Morgan fingerprint density at radius 1 is 0.875 bits per heavy atom. The second-order valence-electron chi connectivity index (χ2n) is 7.58. The molecule has 4 rings (SSSR count). The zero-order valence-electron chi connectivity index (χ0n) is 18.0. The van der Waals surface area contributed by atoms with Crippen molar-refractivity contribution in [2.24, 2.45) is 4.99 Å². The van der Waals surface area contributed by atoms with Crippen molar-refractivity contribution in [2.75, 3.05) is 0 Å². The summed E-state index contributed by atoms with van der Waals surface area (Å²) in [5.74, 6) is 0. The molecule has 0 radical (unpaired) electrons. The van der Waals surface area contributed by atoms with Crippen LogP contribution in [0.1, 0.15) is 22.3 Å². The zero-order chi connectivity index (χ0) is 22.5. The first-order valence-corrected chi connectivity index (χ1v) is 11.5. The molecule has 0 aliphatic rings. The Morgan fingerprint density at radius 3 is 2.31 bits per heavy atom. The third-order valence-electron chi connectivity index (χ3n) is 5.60. The SMILES string of the molecule is Cc1c(CC(=Nc2cccc(S(=O)O)c2C)c2ccccc2)cccc1-c1ccncc1. The average molecular weight is 441 g/mol. The summed E-state index contributed by atoms with van der Waals surface area (Å²) in [5.41, 5.74) is 8.03. The third-order valence-corrected chi connectivity index (χ3v) is 6.42. The lowest BCUT2D eigenvalue weighted by molar-refractivity contribution is 0.564. The molecule has 160 valence electrons. The van der Waals surface area contributed by atoms with E-state index >= 15 is 0 Å². The van der Waals surface area contributed by atoms with Crippen molar-refractivity contribution in [1.29, 1.82) is 0 Å². The fourth-order valence-electron chi connectivity index (χ4n) is 3.79. The highest BCUT2D eigenvalue weighted by molar-refractivity contribution is 7.79. The van der Waals surface area contributed by atoms with Crippen molar-refractivity contribution < 1.29 is 8.76 Å². The first-order chi connectivity index (χ1) is 15.5. The van der Waals surface area contributed by atoms with Gasteiger partial charge < -0.3 is 4.55 Å². The summed E-state index contributed by atoms with van der Waals surface area (Å²) in [6, 6.07) is 25.7. The average Bonchev–Trinajstić information content (AvgIpc) is 2.82. The highest BCUT2D eigenvalue weighted by Gasteiger charge is 2.13. The Balaban J connectivity index is 1.80. The van der Waals surface area contributed by atoms with Gasteiger partial charge in [0.2, 0.25) is 0 Å². The zero-order valence-corrected chi connectivity index (χ0v) is 18.8. The van der Waals surface area contributed by atoms with E-state index in [0.29, 0.717) is 22.6 Å². The van der Waals surface area contributed by atoms with Gasteiger partial charge in [0.15, 0.2) is 11.1 Å². The van der Waals surface area contributed by atoms with Crippen LogP contribution < -0.4 is 0 Å². The molecule has 0 aliphatic heterocycles. The van der Waals surface area contributed by atoms with Crippen LogP contribution in [0, 0.1) is 13.8 Å². The fraction of sp³-hybridized carbons (Fsp3) is 0.111. The highest BCUT2D eigenvalue weighted by Crippen LogP contribution is 2.28. The fourth-order valence-corrected chi connectivity index (χ4v) is 4.36. The summed E-state index contributed by atoms with van der Waals surface area (Å²) in [4.78, 5) is 9.48. The van der Waals surface area contributed by atoms with E-state index in [1.54, 1.807) is 24.5 Å². The van der Waals surface area contributed by atoms with E-state index in [1.165, 1.54) is 16.7 Å². The molecule has 4 nitrogen and oxygen atoms in total. The van der Waals surface area contributed by atoms with E-state index in [0.717, 1.165) is 16.8 Å². The summed E-state index contributed by atoms with van der Waals surface area (Å²) in [6.45, 7) is 3.97. The van der Waals surface area contributed by atoms with Crippen LogP contribution in [0.4, 0.5) is 5.69 Å². The smallest absolute Gasteiger partial charge is 0.186 e. The van der Waals surface area contributed by atoms with Gasteiger partial charge in [0, 0.05) is 18.8 Å². The molecule has 0 bridgehead atoms. The van der Waals surface area contributed by atoms with Gasteiger partial charge >= 0.3 is 0 Å². The predicted octanol–water partition coefficient (Wildman–Crippen LogP) is 6.31. The van der Waals surface area contributed by atoms with Crippen LogP contribution in [-0.4, -0.2) is 19.5 Å². The Bertz CT molecular complexity index is 1290. The minimum absolute atomic E-state index is 0.384. The number of nitrogens with zero attached hydrogens (tertiary/aromatic N) is 2. The first-order valence-electron chi connectivity index (χ1n) is 10.4. The van der Waals surface area contributed by atoms with Crippen LogP contribution in [0.15, 0.2) is 101 Å². The van der Waals surface area contributed by atoms with Gasteiger partial charge in [-0.2, -0.15) is 0 Å². The minimum atomic E-state index is -2.05. The lowest BCUT2D eigenvalue weighted by Crippen LogP contribution is -2.07.